The van der Waals surface area contributed by atoms with Crippen LogP contribution in [-0.2, 0) is 4.79 Å². The van der Waals surface area contributed by atoms with Gasteiger partial charge in [-0.2, -0.15) is 0 Å². The summed E-state index contributed by atoms with van der Waals surface area (Å²) in [7, 11) is 0. The molecule has 0 aliphatic rings. The Balaban J connectivity index is 2.87. The molecule has 0 saturated carbocycles. The van der Waals surface area contributed by atoms with Crippen LogP contribution < -0.4 is 4.74 Å². The van der Waals surface area contributed by atoms with Crippen LogP contribution in [0.5, 0.6) is 5.75 Å². The lowest BCUT2D eigenvalue weighted by Crippen LogP contribution is -2.23. The minimum Gasteiger partial charge on any atom is -0.479 e. The summed E-state index contributed by atoms with van der Waals surface area (Å²) in [6.07, 6.45) is -1.05. The molecule has 0 aliphatic heterocycles. The summed E-state index contributed by atoms with van der Waals surface area (Å²) >= 11 is 0. The van der Waals surface area contributed by atoms with Gasteiger partial charge in [0.2, 0.25) is 0 Å². The molecule has 0 spiro atoms. The Hall–Kier alpha value is -1.58. The molecule has 0 amide bonds. The quantitative estimate of drug-likeness (QED) is 0.807. The van der Waals surface area contributed by atoms with E-state index in [1.807, 2.05) is 0 Å². The maximum atomic E-state index is 13.3. The highest BCUT2D eigenvalue weighted by Crippen LogP contribution is 2.20. The van der Waals surface area contributed by atoms with E-state index in [2.05, 4.69) is 0 Å². The first-order chi connectivity index (χ1) is 6.52. The Bertz CT molecular complexity index is 349. The standard InChI is InChI=1S/C10H11FO3/c1-6-4-3-5-8(9(6)11)14-7(2)10(12)13/h3-5,7H,1-2H3,(H,12,13)/t7-/m1/s1. The number of carboxylic acids is 1. The number of carboxylic acid groups (broad SMARTS) is 1. The summed E-state index contributed by atoms with van der Waals surface area (Å²) in [5, 5.41) is 8.56. The fourth-order valence-corrected chi connectivity index (χ4v) is 0.952. The van der Waals surface area contributed by atoms with Crippen molar-refractivity contribution in [2.45, 2.75) is 20.0 Å². The van der Waals surface area contributed by atoms with Gasteiger partial charge in [-0.1, -0.05) is 12.1 Å². The molecule has 1 aromatic carbocycles. The van der Waals surface area contributed by atoms with E-state index in [-0.39, 0.29) is 5.75 Å². The predicted molar refractivity (Wildman–Crippen MR) is 48.9 cm³/mol. The van der Waals surface area contributed by atoms with E-state index in [0.29, 0.717) is 5.56 Å². The van der Waals surface area contributed by atoms with Crippen molar-refractivity contribution in [3.8, 4) is 5.75 Å². The molecule has 1 N–H and O–H groups in total. The topological polar surface area (TPSA) is 46.5 Å². The molecular weight excluding hydrogens is 187 g/mol. The molecule has 0 fully saturated rings. The van der Waals surface area contributed by atoms with Crippen LogP contribution >= 0.6 is 0 Å². The Labute approximate surface area is 81.1 Å². The average molecular weight is 198 g/mol. The zero-order chi connectivity index (χ0) is 10.7. The minimum absolute atomic E-state index is 0.0279. The van der Waals surface area contributed by atoms with E-state index >= 15 is 0 Å². The third-order valence-electron chi connectivity index (χ3n) is 1.81. The maximum Gasteiger partial charge on any atom is 0.344 e. The van der Waals surface area contributed by atoms with Gasteiger partial charge in [0, 0.05) is 0 Å². The summed E-state index contributed by atoms with van der Waals surface area (Å²) in [5.74, 6) is -1.66. The smallest absolute Gasteiger partial charge is 0.344 e. The van der Waals surface area contributed by atoms with Gasteiger partial charge in [0.1, 0.15) is 0 Å². The van der Waals surface area contributed by atoms with Crippen molar-refractivity contribution in [1.29, 1.82) is 0 Å². The largest absolute Gasteiger partial charge is 0.479 e. The van der Waals surface area contributed by atoms with Gasteiger partial charge in [0.15, 0.2) is 17.7 Å². The first-order valence-electron chi connectivity index (χ1n) is 4.17. The number of halogens is 1. The van der Waals surface area contributed by atoms with Gasteiger partial charge in [-0.15, -0.1) is 0 Å². The molecule has 0 unspecified atom stereocenters. The SMILES string of the molecule is Cc1cccc(O[C@H](C)C(=O)O)c1F. The molecule has 0 saturated heterocycles. The second-order valence-corrected chi connectivity index (χ2v) is 2.99. The molecule has 1 aromatic rings. The van der Waals surface area contributed by atoms with E-state index in [4.69, 9.17) is 9.84 Å². The van der Waals surface area contributed by atoms with Crippen LogP contribution in [0.15, 0.2) is 18.2 Å². The van der Waals surface area contributed by atoms with Crippen LogP contribution in [0.1, 0.15) is 12.5 Å². The van der Waals surface area contributed by atoms with E-state index in [1.165, 1.54) is 13.0 Å². The highest BCUT2D eigenvalue weighted by Gasteiger charge is 2.15. The number of rotatable bonds is 3. The molecule has 0 heterocycles. The molecule has 3 nitrogen and oxygen atoms in total. The molecule has 0 radical (unpaired) electrons. The third-order valence-corrected chi connectivity index (χ3v) is 1.81. The van der Waals surface area contributed by atoms with Gasteiger partial charge >= 0.3 is 5.97 Å². The molecule has 0 aliphatic carbocycles. The summed E-state index contributed by atoms with van der Waals surface area (Å²) in [5.41, 5.74) is 0.431. The monoisotopic (exact) mass is 198 g/mol. The van der Waals surface area contributed by atoms with Crippen molar-refractivity contribution in [3.63, 3.8) is 0 Å². The Morgan fingerprint density at radius 2 is 2.21 bits per heavy atom. The van der Waals surface area contributed by atoms with Gasteiger partial charge in [-0.3, -0.25) is 0 Å². The van der Waals surface area contributed by atoms with Gasteiger partial charge < -0.3 is 9.84 Å². The lowest BCUT2D eigenvalue weighted by molar-refractivity contribution is -0.144. The predicted octanol–water partition coefficient (Wildman–Crippen LogP) is 1.99. The maximum absolute atomic E-state index is 13.3. The van der Waals surface area contributed by atoms with E-state index in [1.54, 1.807) is 19.1 Å². The van der Waals surface area contributed by atoms with Crippen LogP contribution in [-0.4, -0.2) is 17.2 Å². The molecule has 14 heavy (non-hydrogen) atoms. The van der Waals surface area contributed by atoms with Crippen LogP contribution in [0.4, 0.5) is 4.39 Å². The number of carbonyl (C=O) groups is 1. The highest BCUT2D eigenvalue weighted by atomic mass is 19.1. The second kappa shape index (κ2) is 4.09. The normalized spacial score (nSPS) is 12.2. The zero-order valence-electron chi connectivity index (χ0n) is 7.95. The van der Waals surface area contributed by atoms with E-state index in [9.17, 15) is 9.18 Å². The Morgan fingerprint density at radius 3 is 2.79 bits per heavy atom. The molecule has 76 valence electrons. The number of benzene rings is 1. The van der Waals surface area contributed by atoms with Crippen molar-refractivity contribution in [2.24, 2.45) is 0 Å². The number of aryl methyl sites for hydroxylation is 1. The van der Waals surface area contributed by atoms with Crippen molar-refractivity contribution in [1.82, 2.24) is 0 Å². The zero-order valence-corrected chi connectivity index (χ0v) is 7.95. The number of aliphatic carboxylic acids is 1. The Morgan fingerprint density at radius 1 is 1.57 bits per heavy atom. The number of ether oxygens (including phenoxy) is 1. The molecule has 1 atom stereocenters. The number of hydrogen-bond donors (Lipinski definition) is 1. The van der Waals surface area contributed by atoms with Crippen molar-refractivity contribution in [3.05, 3.63) is 29.6 Å². The van der Waals surface area contributed by atoms with Crippen LogP contribution in [0.25, 0.3) is 0 Å². The van der Waals surface area contributed by atoms with Gasteiger partial charge in [0.25, 0.3) is 0 Å². The average Bonchev–Trinajstić information content (AvgIpc) is 2.12. The lowest BCUT2D eigenvalue weighted by Gasteiger charge is -2.11. The molecule has 0 aromatic heterocycles. The molecule has 0 bridgehead atoms. The van der Waals surface area contributed by atoms with Crippen LogP contribution in [0.2, 0.25) is 0 Å². The van der Waals surface area contributed by atoms with Gasteiger partial charge in [0.05, 0.1) is 0 Å². The fraction of sp³-hybridized carbons (Fsp3) is 0.300. The minimum atomic E-state index is -1.12. The van der Waals surface area contributed by atoms with Crippen LogP contribution in [0.3, 0.4) is 0 Å². The van der Waals surface area contributed by atoms with Crippen molar-refractivity contribution < 1.29 is 19.0 Å². The van der Waals surface area contributed by atoms with E-state index < -0.39 is 17.9 Å². The van der Waals surface area contributed by atoms with E-state index in [0.717, 1.165) is 0 Å². The summed E-state index contributed by atoms with van der Waals surface area (Å²) in [6.45, 7) is 2.94. The van der Waals surface area contributed by atoms with Crippen molar-refractivity contribution >= 4 is 5.97 Å². The number of hydrogen-bond acceptors (Lipinski definition) is 2. The molecule has 1 rings (SSSR count). The first-order valence-corrected chi connectivity index (χ1v) is 4.17. The summed E-state index contributed by atoms with van der Waals surface area (Å²) < 4.78 is 18.2. The van der Waals surface area contributed by atoms with Crippen LogP contribution in [0, 0.1) is 12.7 Å². The lowest BCUT2D eigenvalue weighted by atomic mass is 10.2. The molecule has 4 heteroatoms. The first kappa shape index (κ1) is 10.5. The molecular formula is C10H11FO3. The highest BCUT2D eigenvalue weighted by molar-refractivity contribution is 5.72. The fourth-order valence-electron chi connectivity index (χ4n) is 0.952. The van der Waals surface area contributed by atoms with Gasteiger partial charge in [-0.25, -0.2) is 9.18 Å². The Kier molecular flexibility index (Phi) is 3.06. The van der Waals surface area contributed by atoms with Gasteiger partial charge in [-0.05, 0) is 25.5 Å². The summed E-state index contributed by atoms with van der Waals surface area (Å²) in [4.78, 5) is 10.5. The second-order valence-electron chi connectivity index (χ2n) is 2.99. The third kappa shape index (κ3) is 2.22. The summed E-state index contributed by atoms with van der Waals surface area (Å²) in [6, 6.07) is 4.61. The van der Waals surface area contributed by atoms with Crippen molar-refractivity contribution in [2.75, 3.05) is 0 Å².